The first kappa shape index (κ1) is 18.4. The highest BCUT2D eigenvalue weighted by Crippen LogP contribution is 2.33. The van der Waals surface area contributed by atoms with Crippen LogP contribution in [0.1, 0.15) is 23.2 Å². The average molecular weight is 381 g/mol. The first-order valence-electron chi connectivity index (χ1n) is 9.39. The summed E-state index contributed by atoms with van der Waals surface area (Å²) in [5.74, 6) is 0.355. The van der Waals surface area contributed by atoms with E-state index < -0.39 is 5.60 Å². The molecule has 0 saturated carbocycles. The summed E-state index contributed by atoms with van der Waals surface area (Å²) >= 11 is 0. The Kier molecular flexibility index (Phi) is 5.00. The van der Waals surface area contributed by atoms with Crippen LogP contribution in [0.2, 0.25) is 0 Å². The molecule has 0 unspecified atom stereocenters. The minimum absolute atomic E-state index is 0.0285. The number of para-hydroxylation sites is 1. The van der Waals surface area contributed by atoms with Gasteiger partial charge in [-0.2, -0.15) is 0 Å². The molecule has 0 N–H and O–H groups in total. The summed E-state index contributed by atoms with van der Waals surface area (Å²) in [6.45, 7) is 1.76. The number of nitrogens with zero attached hydrogens (tertiary/aromatic N) is 3. The highest BCUT2D eigenvalue weighted by Gasteiger charge is 2.43. The topological polar surface area (TPSA) is 72.0 Å². The number of likely N-dealkylation sites (tertiary alicyclic amines) is 1. The van der Waals surface area contributed by atoms with E-state index in [2.05, 4.69) is 4.98 Å². The first-order valence-corrected chi connectivity index (χ1v) is 9.39. The van der Waals surface area contributed by atoms with E-state index in [9.17, 15) is 9.59 Å². The molecular weight excluding hydrogens is 358 g/mol. The van der Waals surface area contributed by atoms with Crippen LogP contribution < -0.4 is 9.64 Å². The van der Waals surface area contributed by atoms with Gasteiger partial charge in [0.25, 0.3) is 11.8 Å². The number of pyridine rings is 1. The lowest BCUT2D eigenvalue weighted by atomic mass is 9.88. The molecule has 2 fully saturated rings. The van der Waals surface area contributed by atoms with Gasteiger partial charge in [-0.25, -0.2) is 4.98 Å². The Morgan fingerprint density at radius 1 is 1.18 bits per heavy atom. The van der Waals surface area contributed by atoms with Gasteiger partial charge in [0.1, 0.15) is 6.61 Å². The summed E-state index contributed by atoms with van der Waals surface area (Å²) in [5.41, 5.74) is 1.04. The fraction of sp³-hybridized carbons (Fsp3) is 0.381. The number of anilines is 1. The first-order chi connectivity index (χ1) is 13.6. The van der Waals surface area contributed by atoms with Gasteiger partial charge in [0, 0.05) is 36.6 Å². The van der Waals surface area contributed by atoms with E-state index in [0.717, 1.165) is 5.69 Å². The Labute approximate surface area is 163 Å². The van der Waals surface area contributed by atoms with E-state index in [0.29, 0.717) is 43.9 Å². The average Bonchev–Trinajstić information content (AvgIpc) is 2.76. The molecule has 2 aliphatic rings. The number of carbonyl (C=O) groups excluding carboxylic acids is 2. The predicted octanol–water partition coefficient (Wildman–Crippen LogP) is 2.13. The van der Waals surface area contributed by atoms with Crippen molar-refractivity contribution in [1.82, 2.24) is 9.88 Å². The van der Waals surface area contributed by atoms with Gasteiger partial charge < -0.3 is 19.3 Å². The second-order valence-corrected chi connectivity index (χ2v) is 7.17. The molecule has 0 aliphatic carbocycles. The zero-order chi connectivity index (χ0) is 19.6. The number of benzene rings is 1. The lowest BCUT2D eigenvalue weighted by Gasteiger charge is -2.47. The number of morpholine rings is 1. The van der Waals surface area contributed by atoms with Crippen LogP contribution in [0.25, 0.3) is 0 Å². The number of ether oxygens (including phenoxy) is 2. The van der Waals surface area contributed by atoms with Crippen molar-refractivity contribution < 1.29 is 19.1 Å². The van der Waals surface area contributed by atoms with Gasteiger partial charge in [-0.3, -0.25) is 9.59 Å². The molecule has 1 spiro atoms. The van der Waals surface area contributed by atoms with Crippen molar-refractivity contribution in [3.8, 4) is 5.88 Å². The molecule has 2 aromatic rings. The predicted molar refractivity (Wildman–Crippen MR) is 103 cm³/mol. The molecular formula is C21H23N3O4. The van der Waals surface area contributed by atoms with E-state index >= 15 is 0 Å². The van der Waals surface area contributed by atoms with Crippen LogP contribution in [0.15, 0.2) is 48.7 Å². The van der Waals surface area contributed by atoms with Gasteiger partial charge in [0.15, 0.2) is 0 Å². The van der Waals surface area contributed by atoms with Crippen molar-refractivity contribution in [2.24, 2.45) is 0 Å². The van der Waals surface area contributed by atoms with Gasteiger partial charge in [0.2, 0.25) is 5.88 Å². The normalized spacial score (nSPS) is 19.0. The van der Waals surface area contributed by atoms with Crippen molar-refractivity contribution >= 4 is 17.5 Å². The van der Waals surface area contributed by atoms with E-state index in [1.54, 1.807) is 23.2 Å². The summed E-state index contributed by atoms with van der Waals surface area (Å²) in [6, 6.07) is 13.0. The Morgan fingerprint density at radius 3 is 2.64 bits per heavy atom. The summed E-state index contributed by atoms with van der Waals surface area (Å²) < 4.78 is 11.1. The zero-order valence-corrected chi connectivity index (χ0v) is 15.8. The number of methoxy groups -OCH3 is 1. The maximum absolute atomic E-state index is 12.8. The molecule has 2 amide bonds. The lowest BCUT2D eigenvalue weighted by Crippen LogP contribution is -2.59. The molecule has 7 nitrogen and oxygen atoms in total. The van der Waals surface area contributed by atoms with Crippen LogP contribution in [-0.4, -0.2) is 60.7 Å². The maximum Gasteiger partial charge on any atom is 0.254 e. The fourth-order valence-electron chi connectivity index (χ4n) is 3.81. The maximum atomic E-state index is 12.8. The van der Waals surface area contributed by atoms with Crippen LogP contribution in [0.3, 0.4) is 0 Å². The molecule has 0 bridgehead atoms. The van der Waals surface area contributed by atoms with Crippen LogP contribution in [0.5, 0.6) is 5.88 Å². The van der Waals surface area contributed by atoms with E-state index in [4.69, 9.17) is 9.47 Å². The van der Waals surface area contributed by atoms with E-state index in [1.807, 2.05) is 35.2 Å². The van der Waals surface area contributed by atoms with Crippen LogP contribution in [0.4, 0.5) is 5.69 Å². The van der Waals surface area contributed by atoms with Gasteiger partial charge in [-0.15, -0.1) is 0 Å². The minimum atomic E-state index is -0.406. The molecule has 0 atom stereocenters. The third-order valence-electron chi connectivity index (χ3n) is 5.47. The number of piperidine rings is 1. The van der Waals surface area contributed by atoms with Crippen molar-refractivity contribution in [2.75, 3.05) is 38.3 Å². The summed E-state index contributed by atoms with van der Waals surface area (Å²) in [5, 5.41) is 0. The standard InChI is InChI=1S/C21H23N3O4/c1-27-18-13-16(7-10-22-18)20(26)23-11-8-21(9-12-23)15-24(19(25)14-28-21)17-5-3-2-4-6-17/h2-7,10,13H,8-9,11-12,14-15H2,1H3. The van der Waals surface area contributed by atoms with Gasteiger partial charge in [-0.1, -0.05) is 18.2 Å². The van der Waals surface area contributed by atoms with Crippen molar-refractivity contribution in [2.45, 2.75) is 18.4 Å². The zero-order valence-electron chi connectivity index (χ0n) is 15.8. The number of aromatic nitrogens is 1. The number of carbonyl (C=O) groups is 2. The Hall–Kier alpha value is -2.93. The summed E-state index contributed by atoms with van der Waals surface area (Å²) in [7, 11) is 1.53. The van der Waals surface area contributed by atoms with E-state index in [1.165, 1.54) is 7.11 Å². The molecule has 4 rings (SSSR count). The van der Waals surface area contributed by atoms with Gasteiger partial charge in [-0.05, 0) is 31.0 Å². The SMILES string of the molecule is COc1cc(C(=O)N2CCC3(CC2)CN(c2ccccc2)C(=O)CO3)ccn1. The highest BCUT2D eigenvalue weighted by atomic mass is 16.5. The second kappa shape index (κ2) is 7.59. The molecule has 2 saturated heterocycles. The van der Waals surface area contributed by atoms with Crippen molar-refractivity contribution in [3.63, 3.8) is 0 Å². The highest BCUT2D eigenvalue weighted by molar-refractivity contribution is 5.95. The Morgan fingerprint density at radius 2 is 1.93 bits per heavy atom. The van der Waals surface area contributed by atoms with Crippen molar-refractivity contribution in [3.05, 3.63) is 54.2 Å². The van der Waals surface area contributed by atoms with E-state index in [-0.39, 0.29) is 18.4 Å². The molecule has 1 aromatic heterocycles. The number of amides is 2. The minimum Gasteiger partial charge on any atom is -0.481 e. The smallest absolute Gasteiger partial charge is 0.254 e. The molecule has 28 heavy (non-hydrogen) atoms. The quantitative estimate of drug-likeness (QED) is 0.815. The number of hydrogen-bond acceptors (Lipinski definition) is 5. The lowest BCUT2D eigenvalue weighted by molar-refractivity contribution is -0.143. The third kappa shape index (κ3) is 3.57. The second-order valence-electron chi connectivity index (χ2n) is 7.17. The van der Waals surface area contributed by atoms with Crippen LogP contribution in [0, 0.1) is 0 Å². The molecule has 1 aromatic carbocycles. The Bertz CT molecular complexity index is 863. The van der Waals surface area contributed by atoms with Gasteiger partial charge >= 0.3 is 0 Å². The van der Waals surface area contributed by atoms with Gasteiger partial charge in [0.05, 0.1) is 19.3 Å². The number of rotatable bonds is 3. The third-order valence-corrected chi connectivity index (χ3v) is 5.47. The number of hydrogen-bond donors (Lipinski definition) is 0. The molecule has 7 heteroatoms. The summed E-state index contributed by atoms with van der Waals surface area (Å²) in [4.78, 5) is 32.8. The monoisotopic (exact) mass is 381 g/mol. The molecule has 146 valence electrons. The molecule has 2 aliphatic heterocycles. The molecule has 0 radical (unpaired) electrons. The largest absolute Gasteiger partial charge is 0.481 e. The van der Waals surface area contributed by atoms with Crippen LogP contribution >= 0.6 is 0 Å². The van der Waals surface area contributed by atoms with Crippen LogP contribution in [-0.2, 0) is 9.53 Å². The molecule has 3 heterocycles. The Balaban J connectivity index is 1.44. The van der Waals surface area contributed by atoms with Crippen molar-refractivity contribution in [1.29, 1.82) is 0 Å². The fourth-order valence-corrected chi connectivity index (χ4v) is 3.81. The summed E-state index contributed by atoms with van der Waals surface area (Å²) in [6.07, 6.45) is 2.96.